The van der Waals surface area contributed by atoms with Crippen molar-refractivity contribution in [1.82, 2.24) is 10.4 Å². The molecule has 0 atom stereocenters. The van der Waals surface area contributed by atoms with Crippen LogP contribution in [-0.4, -0.2) is 35.7 Å². The third-order valence-corrected chi connectivity index (χ3v) is 5.69. The molecule has 0 saturated heterocycles. The van der Waals surface area contributed by atoms with Gasteiger partial charge in [-0.05, 0) is 35.9 Å². The number of nitrogens with zero attached hydrogens (tertiary/aromatic N) is 2. The second-order valence-corrected chi connectivity index (χ2v) is 8.52. The van der Waals surface area contributed by atoms with E-state index in [0.29, 0.717) is 26.9 Å². The zero-order valence-electron chi connectivity index (χ0n) is 19.2. The van der Waals surface area contributed by atoms with E-state index >= 15 is 0 Å². The maximum Gasteiger partial charge on any atom is 0.297 e. The fraction of sp³-hybridized carbons (Fsp3) is 0.0769. The molecule has 0 bridgehead atoms. The molecule has 3 amide bonds. The zero-order chi connectivity index (χ0) is 25.8. The van der Waals surface area contributed by atoms with E-state index in [-0.39, 0.29) is 28.8 Å². The van der Waals surface area contributed by atoms with Crippen molar-refractivity contribution in [1.29, 1.82) is 0 Å². The minimum absolute atomic E-state index is 0.0753. The van der Waals surface area contributed by atoms with Crippen LogP contribution < -0.4 is 15.5 Å². The summed E-state index contributed by atoms with van der Waals surface area (Å²) in [5.41, 5.74) is 4.48. The first kappa shape index (κ1) is 25.0. The van der Waals surface area contributed by atoms with Crippen molar-refractivity contribution in [2.24, 2.45) is 4.99 Å². The number of amides is 3. The van der Waals surface area contributed by atoms with E-state index in [1.54, 1.807) is 48.5 Å². The second-order valence-electron chi connectivity index (χ2n) is 7.67. The van der Waals surface area contributed by atoms with Gasteiger partial charge < -0.3 is 10.1 Å². The lowest BCUT2D eigenvalue weighted by molar-refractivity contribution is -0.124. The summed E-state index contributed by atoms with van der Waals surface area (Å²) in [5, 5.41) is 4.52. The summed E-state index contributed by atoms with van der Waals surface area (Å²) in [4.78, 5) is 42.4. The number of anilines is 1. The molecule has 3 aromatic rings. The van der Waals surface area contributed by atoms with Gasteiger partial charge in [-0.1, -0.05) is 59.6 Å². The van der Waals surface area contributed by atoms with Gasteiger partial charge in [0.15, 0.2) is 5.84 Å². The number of carbonyl (C=O) groups excluding carboxylic acids is 3. The number of halogens is 2. The maximum atomic E-state index is 13.3. The average Bonchev–Trinajstić information content (AvgIpc) is 3.15. The molecule has 3 aromatic carbocycles. The van der Waals surface area contributed by atoms with Crippen LogP contribution in [0.1, 0.15) is 28.4 Å². The molecule has 1 aliphatic heterocycles. The third kappa shape index (κ3) is 5.40. The Morgan fingerprint density at radius 3 is 2.44 bits per heavy atom. The van der Waals surface area contributed by atoms with E-state index in [2.05, 4.69) is 15.7 Å². The van der Waals surface area contributed by atoms with Gasteiger partial charge in [0.25, 0.3) is 11.8 Å². The topological polar surface area (TPSA) is 100 Å². The zero-order valence-corrected chi connectivity index (χ0v) is 20.7. The number of nitrogens with one attached hydrogen (secondary N) is 2. The van der Waals surface area contributed by atoms with Gasteiger partial charge in [-0.3, -0.25) is 19.8 Å². The van der Waals surface area contributed by atoms with E-state index in [0.717, 1.165) is 5.01 Å². The average molecular weight is 523 g/mol. The first-order valence-corrected chi connectivity index (χ1v) is 11.4. The molecule has 1 heterocycles. The molecular formula is C26H20Cl2N4O4. The number of carbonyl (C=O) groups is 3. The Labute approximate surface area is 217 Å². The molecule has 0 fully saturated rings. The van der Waals surface area contributed by atoms with Crippen molar-refractivity contribution in [2.75, 3.05) is 12.4 Å². The van der Waals surface area contributed by atoms with Crippen LogP contribution in [0.5, 0.6) is 5.75 Å². The highest BCUT2D eigenvalue weighted by molar-refractivity contribution is 6.35. The van der Waals surface area contributed by atoms with Crippen LogP contribution in [0, 0.1) is 0 Å². The largest absolute Gasteiger partial charge is 0.496 e. The molecule has 0 aliphatic carbocycles. The minimum Gasteiger partial charge on any atom is -0.496 e. The summed E-state index contributed by atoms with van der Waals surface area (Å²) in [7, 11) is 1.40. The summed E-state index contributed by atoms with van der Waals surface area (Å²) in [6.45, 7) is 1.37. The Morgan fingerprint density at radius 1 is 1.03 bits per heavy atom. The molecule has 10 heteroatoms. The van der Waals surface area contributed by atoms with Crippen LogP contribution in [0.4, 0.5) is 5.69 Å². The van der Waals surface area contributed by atoms with Gasteiger partial charge in [-0.2, -0.15) is 5.01 Å². The Hall–Kier alpha value is -4.14. The number of rotatable bonds is 6. The number of amidine groups is 1. The molecule has 2 N–H and O–H groups in total. The van der Waals surface area contributed by atoms with E-state index in [1.807, 2.05) is 6.07 Å². The highest BCUT2D eigenvalue weighted by Gasteiger charge is 2.33. The molecule has 36 heavy (non-hydrogen) atoms. The lowest BCUT2D eigenvalue weighted by atomic mass is 10.1. The smallest absolute Gasteiger partial charge is 0.297 e. The maximum absolute atomic E-state index is 13.3. The lowest BCUT2D eigenvalue weighted by Gasteiger charge is -2.20. The Morgan fingerprint density at radius 2 is 1.78 bits per heavy atom. The SMILES string of the molecule is COc1cc(NC(C)=O)ccc1C(=O)NN1C(=O)/C(=C/c2ccc(Cl)cc2Cl)N=C1c1ccccc1. The van der Waals surface area contributed by atoms with Crippen molar-refractivity contribution in [2.45, 2.75) is 6.92 Å². The normalized spacial score (nSPS) is 14.0. The molecule has 0 unspecified atom stereocenters. The summed E-state index contributed by atoms with van der Waals surface area (Å²) >= 11 is 12.3. The van der Waals surface area contributed by atoms with Crippen LogP contribution in [0.3, 0.4) is 0 Å². The lowest BCUT2D eigenvalue weighted by Crippen LogP contribution is -2.47. The number of hydrazine groups is 1. The number of ether oxygens (including phenoxy) is 1. The highest BCUT2D eigenvalue weighted by Crippen LogP contribution is 2.27. The van der Waals surface area contributed by atoms with Gasteiger partial charge in [0.05, 0.1) is 12.7 Å². The molecule has 0 aromatic heterocycles. The predicted octanol–water partition coefficient (Wildman–Crippen LogP) is 4.94. The first-order chi connectivity index (χ1) is 17.3. The van der Waals surface area contributed by atoms with Crippen LogP contribution in [0.25, 0.3) is 6.08 Å². The number of methoxy groups -OCH3 is 1. The molecule has 4 rings (SSSR count). The van der Waals surface area contributed by atoms with Gasteiger partial charge in [-0.15, -0.1) is 0 Å². The summed E-state index contributed by atoms with van der Waals surface area (Å²) in [5.74, 6) is -0.974. The van der Waals surface area contributed by atoms with Crippen molar-refractivity contribution in [3.63, 3.8) is 0 Å². The Kier molecular flexibility index (Phi) is 7.38. The van der Waals surface area contributed by atoms with E-state index in [9.17, 15) is 14.4 Å². The van der Waals surface area contributed by atoms with Crippen molar-refractivity contribution in [3.8, 4) is 5.75 Å². The summed E-state index contributed by atoms with van der Waals surface area (Å²) in [6.07, 6.45) is 1.53. The number of aliphatic imine (C=N–C) groups is 1. The van der Waals surface area contributed by atoms with E-state index in [4.69, 9.17) is 27.9 Å². The predicted molar refractivity (Wildman–Crippen MR) is 139 cm³/mol. The van der Waals surface area contributed by atoms with Crippen molar-refractivity contribution < 1.29 is 19.1 Å². The quantitative estimate of drug-likeness (QED) is 0.448. The van der Waals surface area contributed by atoms with E-state index in [1.165, 1.54) is 32.2 Å². The minimum atomic E-state index is -0.607. The van der Waals surface area contributed by atoms with Gasteiger partial charge in [0.1, 0.15) is 11.4 Å². The van der Waals surface area contributed by atoms with Gasteiger partial charge in [0.2, 0.25) is 5.91 Å². The number of hydrogen-bond donors (Lipinski definition) is 2. The molecular weight excluding hydrogens is 503 g/mol. The van der Waals surface area contributed by atoms with Crippen molar-refractivity contribution in [3.05, 3.63) is 99.2 Å². The Bertz CT molecular complexity index is 1420. The molecule has 182 valence electrons. The van der Waals surface area contributed by atoms with Gasteiger partial charge in [-0.25, -0.2) is 4.99 Å². The fourth-order valence-corrected chi connectivity index (χ4v) is 3.95. The van der Waals surface area contributed by atoms with Gasteiger partial charge >= 0.3 is 0 Å². The first-order valence-electron chi connectivity index (χ1n) is 10.7. The Balaban J connectivity index is 1.69. The number of benzene rings is 3. The van der Waals surface area contributed by atoms with Gasteiger partial charge in [0, 0.05) is 34.3 Å². The second kappa shape index (κ2) is 10.6. The summed E-state index contributed by atoms with van der Waals surface area (Å²) in [6, 6.07) is 18.4. The monoisotopic (exact) mass is 522 g/mol. The molecule has 8 nitrogen and oxygen atoms in total. The molecule has 0 saturated carbocycles. The summed E-state index contributed by atoms with van der Waals surface area (Å²) < 4.78 is 5.33. The van der Waals surface area contributed by atoms with Crippen LogP contribution >= 0.6 is 23.2 Å². The third-order valence-electron chi connectivity index (χ3n) is 5.13. The van der Waals surface area contributed by atoms with Crippen LogP contribution in [0.2, 0.25) is 10.0 Å². The van der Waals surface area contributed by atoms with E-state index < -0.39 is 11.8 Å². The highest BCUT2D eigenvalue weighted by atomic mass is 35.5. The van der Waals surface area contributed by atoms with Crippen LogP contribution in [-0.2, 0) is 9.59 Å². The van der Waals surface area contributed by atoms with Crippen molar-refractivity contribution >= 4 is 58.5 Å². The standard InChI is InChI=1S/C26H20Cl2N4O4/c1-15(33)29-19-10-11-20(23(14-19)36-2)25(34)31-32-24(16-6-4-3-5-7-16)30-22(26(32)35)12-17-8-9-18(27)13-21(17)28/h3-14H,1-2H3,(H,29,33)(H,31,34)/b22-12-. The number of hydrogen-bond acceptors (Lipinski definition) is 5. The van der Waals surface area contributed by atoms with Crippen LogP contribution in [0.15, 0.2) is 77.4 Å². The fourth-order valence-electron chi connectivity index (χ4n) is 3.49. The molecule has 1 aliphatic rings. The molecule has 0 spiro atoms. The molecule has 0 radical (unpaired) electrons.